The Balaban J connectivity index is 1.75. The molecular weight excluding hydrogens is 204 g/mol. The van der Waals surface area contributed by atoms with Gasteiger partial charge in [0.2, 0.25) is 0 Å². The summed E-state index contributed by atoms with van der Waals surface area (Å²) >= 11 is 0. The van der Waals surface area contributed by atoms with Crippen molar-refractivity contribution in [1.82, 2.24) is 0 Å². The summed E-state index contributed by atoms with van der Waals surface area (Å²) in [5.74, 6) is 0. The van der Waals surface area contributed by atoms with Gasteiger partial charge in [-0.3, -0.25) is 0 Å². The minimum atomic E-state index is 1.15. The summed E-state index contributed by atoms with van der Waals surface area (Å²) in [5, 5.41) is 0. The van der Waals surface area contributed by atoms with E-state index >= 15 is 0 Å². The summed E-state index contributed by atoms with van der Waals surface area (Å²) in [4.78, 5) is 0. The van der Waals surface area contributed by atoms with Crippen LogP contribution >= 0.6 is 0 Å². The smallest absolute Gasteiger partial charge is 0.00854 e. The lowest BCUT2D eigenvalue weighted by Crippen LogP contribution is -1.94. The van der Waals surface area contributed by atoms with E-state index in [0.29, 0.717) is 0 Å². The van der Waals surface area contributed by atoms with Crippen LogP contribution in [0.15, 0.2) is 24.3 Å². The Hall–Kier alpha value is -1.04. The fraction of sp³-hybridized carbons (Fsp3) is 0.529. The molecule has 0 nitrogen and oxygen atoms in total. The molecule has 1 aliphatic carbocycles. The monoisotopic (exact) mass is 228 g/mol. The molecule has 17 heavy (non-hydrogen) atoms. The third kappa shape index (κ3) is 3.46. The normalized spacial score (nSPS) is 13.0. The molecule has 0 saturated heterocycles. The fourth-order valence-corrected chi connectivity index (χ4v) is 2.69. The first-order valence-corrected chi connectivity index (χ1v) is 7.19. The minimum Gasteiger partial charge on any atom is -0.0795 e. The van der Waals surface area contributed by atoms with Gasteiger partial charge >= 0.3 is 0 Å². The molecule has 0 atom stereocenters. The number of fused-ring (bicyclic) bond motifs is 1. The number of hydrogen-bond donors (Lipinski definition) is 0. The molecule has 0 aliphatic heterocycles. The molecule has 0 N–H and O–H groups in total. The second-order valence-corrected chi connectivity index (χ2v) is 5.11. The van der Waals surface area contributed by atoms with Crippen molar-refractivity contribution in [2.45, 2.75) is 58.3 Å². The maximum atomic E-state index is 2.32. The van der Waals surface area contributed by atoms with Gasteiger partial charge < -0.3 is 0 Å². The van der Waals surface area contributed by atoms with Crippen LogP contribution in [0, 0.1) is 0 Å². The number of allylic oxidation sites excluding steroid dienone is 1. The Morgan fingerprint density at radius 1 is 1.00 bits per heavy atom. The van der Waals surface area contributed by atoms with E-state index in [2.05, 4.69) is 37.3 Å². The van der Waals surface area contributed by atoms with E-state index in [1.165, 1.54) is 50.5 Å². The van der Waals surface area contributed by atoms with Gasteiger partial charge in [0.15, 0.2) is 0 Å². The zero-order chi connectivity index (χ0) is 11.9. The summed E-state index contributed by atoms with van der Waals surface area (Å²) in [5.41, 5.74) is 4.62. The summed E-state index contributed by atoms with van der Waals surface area (Å²) in [6, 6.07) is 6.77. The molecule has 0 fully saturated rings. The Kier molecular flexibility index (Phi) is 4.85. The van der Waals surface area contributed by atoms with Crippen LogP contribution in [0.1, 0.15) is 62.1 Å². The van der Waals surface area contributed by atoms with E-state index in [-0.39, 0.29) is 0 Å². The highest BCUT2D eigenvalue weighted by molar-refractivity contribution is 5.61. The highest BCUT2D eigenvalue weighted by Crippen LogP contribution is 2.24. The van der Waals surface area contributed by atoms with Gasteiger partial charge in [0.1, 0.15) is 0 Å². The Morgan fingerprint density at radius 3 is 2.71 bits per heavy atom. The van der Waals surface area contributed by atoms with E-state index in [4.69, 9.17) is 0 Å². The topological polar surface area (TPSA) is 0 Å². The Labute approximate surface area is 106 Å². The molecule has 0 heteroatoms. The van der Waals surface area contributed by atoms with Crippen LogP contribution in [0.3, 0.4) is 0 Å². The molecule has 0 amide bonds. The first-order valence-electron chi connectivity index (χ1n) is 7.19. The summed E-state index contributed by atoms with van der Waals surface area (Å²) < 4.78 is 0. The van der Waals surface area contributed by atoms with Crippen LogP contribution in [-0.4, -0.2) is 0 Å². The van der Waals surface area contributed by atoms with Crippen LogP contribution in [0.2, 0.25) is 0 Å². The maximum absolute atomic E-state index is 2.32. The number of hydrogen-bond acceptors (Lipinski definition) is 0. The van der Waals surface area contributed by atoms with E-state index in [1.807, 2.05) is 0 Å². The zero-order valence-corrected chi connectivity index (χ0v) is 11.0. The molecule has 0 unspecified atom stereocenters. The van der Waals surface area contributed by atoms with Gasteiger partial charge in [-0.2, -0.15) is 0 Å². The Bertz CT molecular complexity index is 374. The van der Waals surface area contributed by atoms with Crippen molar-refractivity contribution in [3.8, 4) is 0 Å². The van der Waals surface area contributed by atoms with Gasteiger partial charge in [-0.15, -0.1) is 0 Å². The molecule has 1 aromatic rings. The van der Waals surface area contributed by atoms with Gasteiger partial charge in [-0.1, -0.05) is 69.4 Å². The number of unbranched alkanes of at least 4 members (excludes halogenated alkanes) is 5. The van der Waals surface area contributed by atoms with Crippen LogP contribution < -0.4 is 0 Å². The second kappa shape index (κ2) is 6.64. The van der Waals surface area contributed by atoms with Crippen molar-refractivity contribution in [2.75, 3.05) is 0 Å². The molecule has 1 aromatic carbocycles. The molecule has 92 valence electrons. The van der Waals surface area contributed by atoms with Gasteiger partial charge in [0.05, 0.1) is 0 Å². The van der Waals surface area contributed by atoms with E-state index < -0.39 is 0 Å². The van der Waals surface area contributed by atoms with Crippen LogP contribution in [0.5, 0.6) is 0 Å². The highest BCUT2D eigenvalue weighted by Gasteiger charge is 2.08. The van der Waals surface area contributed by atoms with Crippen molar-refractivity contribution >= 4 is 6.08 Å². The van der Waals surface area contributed by atoms with Crippen molar-refractivity contribution in [2.24, 2.45) is 0 Å². The molecule has 0 saturated carbocycles. The van der Waals surface area contributed by atoms with E-state index in [0.717, 1.165) is 6.42 Å². The van der Waals surface area contributed by atoms with Crippen molar-refractivity contribution in [3.05, 3.63) is 41.0 Å². The number of aryl methyl sites for hydroxylation is 1. The summed E-state index contributed by atoms with van der Waals surface area (Å²) in [6.07, 6.45) is 15.3. The summed E-state index contributed by atoms with van der Waals surface area (Å²) in [7, 11) is 0. The van der Waals surface area contributed by atoms with Gasteiger partial charge in [-0.05, 0) is 36.0 Å². The first kappa shape index (κ1) is 12.4. The summed E-state index contributed by atoms with van der Waals surface area (Å²) in [6.45, 7) is 2.28. The molecule has 2 rings (SSSR count). The molecule has 0 bridgehead atoms. The molecule has 0 radical (unpaired) electrons. The molecule has 0 heterocycles. The maximum Gasteiger partial charge on any atom is -0.00854 e. The average Bonchev–Trinajstić information content (AvgIpc) is 2.82. The predicted molar refractivity (Wildman–Crippen MR) is 76.3 cm³/mol. The fourth-order valence-electron chi connectivity index (χ4n) is 2.69. The second-order valence-electron chi connectivity index (χ2n) is 5.11. The van der Waals surface area contributed by atoms with Gasteiger partial charge in [-0.25, -0.2) is 0 Å². The van der Waals surface area contributed by atoms with Crippen LogP contribution in [-0.2, 0) is 12.8 Å². The lowest BCUT2D eigenvalue weighted by molar-refractivity contribution is 0.607. The van der Waals surface area contributed by atoms with Crippen LogP contribution in [0.25, 0.3) is 6.08 Å². The van der Waals surface area contributed by atoms with E-state index in [9.17, 15) is 0 Å². The van der Waals surface area contributed by atoms with Crippen molar-refractivity contribution in [1.29, 1.82) is 0 Å². The van der Waals surface area contributed by atoms with Crippen LogP contribution in [0.4, 0.5) is 0 Å². The molecule has 0 aromatic heterocycles. The SMILES string of the molecule is CCCCCCCCc1cccc2c1CC=C2. The van der Waals surface area contributed by atoms with Crippen molar-refractivity contribution in [3.63, 3.8) is 0 Å². The lowest BCUT2D eigenvalue weighted by Gasteiger charge is -2.08. The lowest BCUT2D eigenvalue weighted by atomic mass is 9.97. The zero-order valence-electron chi connectivity index (χ0n) is 11.0. The highest BCUT2D eigenvalue weighted by atomic mass is 14.1. The first-order chi connectivity index (χ1) is 8.42. The van der Waals surface area contributed by atoms with Gasteiger partial charge in [0.25, 0.3) is 0 Å². The number of benzene rings is 1. The minimum absolute atomic E-state index is 1.15. The molecule has 1 aliphatic rings. The molecule has 0 spiro atoms. The van der Waals surface area contributed by atoms with E-state index in [1.54, 1.807) is 11.1 Å². The predicted octanol–water partition coefficient (Wildman–Crippen LogP) is 5.16. The van der Waals surface area contributed by atoms with Crippen molar-refractivity contribution < 1.29 is 0 Å². The average molecular weight is 228 g/mol. The molecular formula is C17H24. The standard InChI is InChI=1S/C17H24/c1-2-3-4-5-6-7-10-15-11-8-12-16-13-9-14-17(15)16/h8-9,11-13H,2-7,10,14H2,1H3. The Morgan fingerprint density at radius 2 is 1.82 bits per heavy atom. The third-order valence-corrected chi connectivity index (χ3v) is 3.73. The quantitative estimate of drug-likeness (QED) is 0.565. The largest absolute Gasteiger partial charge is 0.0795 e. The number of rotatable bonds is 7. The third-order valence-electron chi connectivity index (χ3n) is 3.73. The van der Waals surface area contributed by atoms with Gasteiger partial charge in [0, 0.05) is 0 Å².